The van der Waals surface area contributed by atoms with E-state index in [-0.39, 0.29) is 29.9 Å². The smallest absolute Gasteiger partial charge is 0.254 e. The van der Waals surface area contributed by atoms with E-state index in [1.54, 1.807) is 0 Å². The number of primary amides is 1. The second-order valence-electron chi connectivity index (χ2n) is 6.90. The molecule has 28 heavy (non-hydrogen) atoms. The van der Waals surface area contributed by atoms with Crippen LogP contribution in [-0.4, -0.2) is 30.1 Å². The van der Waals surface area contributed by atoms with Crippen LogP contribution in [0.5, 0.6) is 5.88 Å². The molecule has 2 aromatic rings. The molecule has 1 amide bonds. The number of ether oxygens (including phenoxy) is 2. The van der Waals surface area contributed by atoms with Crippen molar-refractivity contribution in [3.05, 3.63) is 53.3 Å². The summed E-state index contributed by atoms with van der Waals surface area (Å²) in [6.45, 7) is 0.935. The van der Waals surface area contributed by atoms with E-state index in [1.165, 1.54) is 6.42 Å². The van der Waals surface area contributed by atoms with E-state index < -0.39 is 11.7 Å². The molecule has 1 saturated carbocycles. The van der Waals surface area contributed by atoms with Gasteiger partial charge >= 0.3 is 0 Å². The number of rotatable bonds is 9. The van der Waals surface area contributed by atoms with Crippen LogP contribution in [0.4, 0.5) is 10.2 Å². The van der Waals surface area contributed by atoms with Gasteiger partial charge in [-0.25, -0.2) is 4.39 Å². The summed E-state index contributed by atoms with van der Waals surface area (Å²) in [6.07, 6.45) is 5.37. The third-order valence-electron chi connectivity index (χ3n) is 4.73. The summed E-state index contributed by atoms with van der Waals surface area (Å²) in [6, 6.07) is 11.0. The van der Waals surface area contributed by atoms with Gasteiger partial charge in [0.25, 0.3) is 5.91 Å². The van der Waals surface area contributed by atoms with Crippen LogP contribution >= 0.6 is 0 Å². The maximum Gasteiger partial charge on any atom is 0.254 e. The zero-order chi connectivity index (χ0) is 19.8. The maximum absolute atomic E-state index is 14.4. The monoisotopic (exact) mass is 387 g/mol. The Labute approximate surface area is 164 Å². The van der Waals surface area contributed by atoms with E-state index in [2.05, 4.69) is 10.3 Å². The summed E-state index contributed by atoms with van der Waals surface area (Å²) in [5.74, 6) is -1.27. The fraction of sp³-hybridized carbons (Fsp3) is 0.429. The summed E-state index contributed by atoms with van der Waals surface area (Å²) in [5.41, 5.74) is 6.33. The molecule has 1 heterocycles. The fourth-order valence-corrected chi connectivity index (χ4v) is 3.26. The predicted octanol–water partition coefficient (Wildman–Crippen LogP) is 3.66. The van der Waals surface area contributed by atoms with Crippen molar-refractivity contribution >= 4 is 11.7 Å². The van der Waals surface area contributed by atoms with Gasteiger partial charge in [-0.1, -0.05) is 49.6 Å². The minimum absolute atomic E-state index is 0.0236. The highest BCUT2D eigenvalue weighted by atomic mass is 19.1. The number of nitrogens with one attached hydrogen (secondary N) is 1. The van der Waals surface area contributed by atoms with Gasteiger partial charge < -0.3 is 20.5 Å². The predicted molar refractivity (Wildman–Crippen MR) is 105 cm³/mol. The van der Waals surface area contributed by atoms with Crippen molar-refractivity contribution in [2.45, 2.75) is 44.8 Å². The van der Waals surface area contributed by atoms with Crippen LogP contribution in [0.2, 0.25) is 0 Å². The third-order valence-corrected chi connectivity index (χ3v) is 4.73. The molecule has 3 rings (SSSR count). The zero-order valence-corrected chi connectivity index (χ0v) is 15.8. The lowest BCUT2D eigenvalue weighted by atomic mass is 9.95. The SMILES string of the molecule is NC(=O)c1cc(F)c(NC2CCCCC2)nc1OCCOCc1ccccc1. The molecule has 1 aliphatic rings. The van der Waals surface area contributed by atoms with Gasteiger partial charge in [0, 0.05) is 6.04 Å². The Balaban J connectivity index is 1.59. The van der Waals surface area contributed by atoms with Gasteiger partial charge in [-0.2, -0.15) is 4.98 Å². The first-order valence-electron chi connectivity index (χ1n) is 9.65. The average Bonchev–Trinajstić information content (AvgIpc) is 2.71. The molecular weight excluding hydrogens is 361 g/mol. The topological polar surface area (TPSA) is 86.5 Å². The van der Waals surface area contributed by atoms with Crippen molar-refractivity contribution < 1.29 is 18.7 Å². The van der Waals surface area contributed by atoms with Crippen LogP contribution in [0.1, 0.15) is 48.0 Å². The van der Waals surface area contributed by atoms with Crippen LogP contribution in [0.3, 0.4) is 0 Å². The Morgan fingerprint density at radius 3 is 2.64 bits per heavy atom. The third kappa shape index (κ3) is 5.66. The number of carbonyl (C=O) groups excluding carboxylic acids is 1. The number of benzene rings is 1. The number of nitrogens with two attached hydrogens (primary N) is 1. The Bertz CT molecular complexity index is 780. The highest BCUT2D eigenvalue weighted by Gasteiger charge is 2.20. The van der Waals surface area contributed by atoms with Gasteiger partial charge in [-0.15, -0.1) is 0 Å². The van der Waals surface area contributed by atoms with Crippen molar-refractivity contribution in [3.63, 3.8) is 0 Å². The van der Waals surface area contributed by atoms with E-state index >= 15 is 0 Å². The van der Waals surface area contributed by atoms with Gasteiger partial charge in [-0.3, -0.25) is 4.79 Å². The standard InChI is InChI=1S/C21H26FN3O3/c22-18-13-17(19(23)26)21(25-20(18)24-16-9-5-2-6-10-16)28-12-11-27-14-15-7-3-1-4-8-15/h1,3-4,7-8,13,16H,2,5-6,9-12,14H2,(H2,23,26)(H,24,25). The van der Waals surface area contributed by atoms with E-state index in [1.807, 2.05) is 30.3 Å². The number of halogens is 1. The van der Waals surface area contributed by atoms with Crippen molar-refractivity contribution in [2.75, 3.05) is 18.5 Å². The van der Waals surface area contributed by atoms with Crippen molar-refractivity contribution in [1.29, 1.82) is 0 Å². The first-order chi connectivity index (χ1) is 13.6. The molecular formula is C21H26FN3O3. The van der Waals surface area contributed by atoms with Crippen LogP contribution in [0, 0.1) is 5.82 Å². The molecule has 0 radical (unpaired) electrons. The Kier molecular flexibility index (Phi) is 7.19. The average molecular weight is 387 g/mol. The molecule has 1 aliphatic carbocycles. The Morgan fingerprint density at radius 2 is 1.93 bits per heavy atom. The summed E-state index contributed by atoms with van der Waals surface area (Å²) in [5, 5.41) is 3.13. The fourth-order valence-electron chi connectivity index (χ4n) is 3.26. The van der Waals surface area contributed by atoms with Crippen molar-refractivity contribution in [3.8, 4) is 5.88 Å². The molecule has 0 atom stereocenters. The molecule has 0 aliphatic heterocycles. The molecule has 7 heteroatoms. The first kappa shape index (κ1) is 20.1. The maximum atomic E-state index is 14.4. The van der Waals surface area contributed by atoms with Gasteiger partial charge in [0.15, 0.2) is 11.6 Å². The van der Waals surface area contributed by atoms with Gasteiger partial charge in [0.2, 0.25) is 5.88 Å². The number of amides is 1. The van der Waals surface area contributed by atoms with Crippen LogP contribution < -0.4 is 15.8 Å². The molecule has 3 N–H and O–H groups in total. The number of nitrogens with zero attached hydrogens (tertiary/aromatic N) is 1. The number of hydrogen-bond acceptors (Lipinski definition) is 5. The van der Waals surface area contributed by atoms with E-state index in [0.29, 0.717) is 13.2 Å². The van der Waals surface area contributed by atoms with E-state index in [4.69, 9.17) is 15.2 Å². The molecule has 1 aromatic heterocycles. The Morgan fingerprint density at radius 1 is 1.18 bits per heavy atom. The second kappa shape index (κ2) is 10.0. The van der Waals surface area contributed by atoms with Crippen molar-refractivity contribution in [1.82, 2.24) is 4.98 Å². The lowest BCUT2D eigenvalue weighted by molar-refractivity contribution is 0.0858. The van der Waals surface area contributed by atoms with Crippen LogP contribution in [0.15, 0.2) is 36.4 Å². The molecule has 150 valence electrons. The Hall–Kier alpha value is -2.67. The minimum atomic E-state index is -0.782. The molecule has 0 bridgehead atoms. The largest absolute Gasteiger partial charge is 0.475 e. The van der Waals surface area contributed by atoms with E-state index in [0.717, 1.165) is 37.3 Å². The van der Waals surface area contributed by atoms with Gasteiger partial charge in [0.1, 0.15) is 12.2 Å². The quantitative estimate of drug-likeness (QED) is 0.641. The molecule has 0 spiro atoms. The number of carbonyl (C=O) groups is 1. The van der Waals surface area contributed by atoms with Gasteiger partial charge in [0.05, 0.1) is 13.2 Å². The highest BCUT2D eigenvalue weighted by molar-refractivity contribution is 5.95. The summed E-state index contributed by atoms with van der Waals surface area (Å²) in [7, 11) is 0. The molecule has 6 nitrogen and oxygen atoms in total. The first-order valence-corrected chi connectivity index (χ1v) is 9.65. The lowest BCUT2D eigenvalue weighted by Crippen LogP contribution is -2.24. The summed E-state index contributed by atoms with van der Waals surface area (Å²) in [4.78, 5) is 15.8. The number of aromatic nitrogens is 1. The highest BCUT2D eigenvalue weighted by Crippen LogP contribution is 2.26. The number of hydrogen-bond donors (Lipinski definition) is 2. The van der Waals surface area contributed by atoms with Crippen molar-refractivity contribution in [2.24, 2.45) is 5.73 Å². The molecule has 1 fully saturated rings. The van der Waals surface area contributed by atoms with E-state index in [9.17, 15) is 9.18 Å². The van der Waals surface area contributed by atoms with Crippen LogP contribution in [-0.2, 0) is 11.3 Å². The molecule has 0 saturated heterocycles. The summed E-state index contributed by atoms with van der Waals surface area (Å²) >= 11 is 0. The minimum Gasteiger partial charge on any atom is -0.475 e. The molecule has 0 unspecified atom stereocenters. The normalized spacial score (nSPS) is 14.6. The summed E-state index contributed by atoms with van der Waals surface area (Å²) < 4.78 is 25.5. The lowest BCUT2D eigenvalue weighted by Gasteiger charge is -2.24. The van der Waals surface area contributed by atoms with Crippen LogP contribution in [0.25, 0.3) is 0 Å². The number of pyridine rings is 1. The molecule has 1 aromatic carbocycles. The number of anilines is 1. The van der Waals surface area contributed by atoms with Gasteiger partial charge in [-0.05, 0) is 24.5 Å². The zero-order valence-electron chi connectivity index (χ0n) is 15.8. The second-order valence-corrected chi connectivity index (χ2v) is 6.90.